The first-order valence-electron chi connectivity index (χ1n) is 8.54. The Balaban J connectivity index is 1.71. The summed E-state index contributed by atoms with van der Waals surface area (Å²) >= 11 is 1.56. The minimum absolute atomic E-state index is 0.233. The van der Waals surface area contributed by atoms with E-state index in [4.69, 9.17) is 9.47 Å². The molecule has 4 rings (SSSR count). The number of anilines is 2. The van der Waals surface area contributed by atoms with Gasteiger partial charge in [-0.2, -0.15) is 10.1 Å². The van der Waals surface area contributed by atoms with E-state index in [-0.39, 0.29) is 11.9 Å². The summed E-state index contributed by atoms with van der Waals surface area (Å²) in [6, 6.07) is 8.81. The van der Waals surface area contributed by atoms with Gasteiger partial charge in [-0.3, -0.25) is 4.79 Å². The van der Waals surface area contributed by atoms with E-state index in [2.05, 4.69) is 27.3 Å². The van der Waals surface area contributed by atoms with Gasteiger partial charge in [0.25, 0.3) is 0 Å². The van der Waals surface area contributed by atoms with Gasteiger partial charge < -0.3 is 20.1 Å². The van der Waals surface area contributed by atoms with Crippen LogP contribution in [0.3, 0.4) is 0 Å². The maximum absolute atomic E-state index is 13.3. The van der Waals surface area contributed by atoms with Crippen LogP contribution in [0.25, 0.3) is 0 Å². The highest BCUT2D eigenvalue weighted by molar-refractivity contribution is 7.10. The van der Waals surface area contributed by atoms with Gasteiger partial charge in [0.05, 0.1) is 19.9 Å². The van der Waals surface area contributed by atoms with Crippen molar-refractivity contribution in [2.75, 3.05) is 24.9 Å². The van der Waals surface area contributed by atoms with Crippen LogP contribution in [0.15, 0.2) is 54.3 Å². The van der Waals surface area contributed by atoms with Crippen LogP contribution in [-0.4, -0.2) is 34.9 Å². The molecule has 3 heterocycles. The molecule has 8 nitrogen and oxygen atoms in total. The third-order valence-electron chi connectivity index (χ3n) is 4.58. The third-order valence-corrected chi connectivity index (χ3v) is 5.52. The van der Waals surface area contributed by atoms with Crippen LogP contribution < -0.4 is 20.1 Å². The summed E-state index contributed by atoms with van der Waals surface area (Å²) in [6.45, 7) is 4.07. The van der Waals surface area contributed by atoms with Gasteiger partial charge in [0.2, 0.25) is 11.9 Å². The number of thiophene rings is 1. The van der Waals surface area contributed by atoms with Gasteiger partial charge in [-0.1, -0.05) is 12.6 Å². The Labute approximate surface area is 165 Å². The van der Waals surface area contributed by atoms with Crippen LogP contribution in [0, 0.1) is 5.92 Å². The number of benzene rings is 1. The Kier molecular flexibility index (Phi) is 4.74. The minimum atomic E-state index is -0.594. The van der Waals surface area contributed by atoms with E-state index in [1.54, 1.807) is 48.4 Å². The summed E-state index contributed by atoms with van der Waals surface area (Å²) in [5.74, 6) is 0.890. The number of aromatic nitrogens is 3. The molecule has 1 aliphatic heterocycles. The number of amides is 1. The zero-order valence-electron chi connectivity index (χ0n) is 15.4. The number of methoxy groups -OCH3 is 2. The smallest absolute Gasteiger partial charge is 0.236 e. The number of ether oxygens (including phenoxy) is 2. The Bertz CT molecular complexity index is 1010. The lowest BCUT2D eigenvalue weighted by Crippen LogP contribution is -2.39. The molecule has 0 spiro atoms. The van der Waals surface area contributed by atoms with E-state index >= 15 is 0 Å². The summed E-state index contributed by atoms with van der Waals surface area (Å²) in [6.07, 6.45) is 1.46. The fourth-order valence-corrected chi connectivity index (χ4v) is 4.11. The maximum Gasteiger partial charge on any atom is 0.236 e. The number of hydrogen-bond donors (Lipinski definition) is 2. The quantitative estimate of drug-likeness (QED) is 0.687. The van der Waals surface area contributed by atoms with E-state index in [0.717, 1.165) is 4.88 Å². The molecule has 0 fully saturated rings. The largest absolute Gasteiger partial charge is 0.497 e. The van der Waals surface area contributed by atoms with E-state index in [1.165, 1.54) is 6.33 Å². The van der Waals surface area contributed by atoms with Crippen LogP contribution in [-0.2, 0) is 4.79 Å². The molecule has 2 aromatic heterocycles. The standard InChI is InChI=1S/C19H19N5O3S/c1-11-16(18(25)23-13-9-12(26-2)6-7-14(13)27-3)17(15-5-4-8-28-15)24-19(22-11)20-10-21-24/h4-10,16-17H,1H2,2-3H3,(H,23,25)(H,20,21,22)/t16-,17+/m0/s1. The average Bonchev–Trinajstić information content (AvgIpc) is 3.38. The third kappa shape index (κ3) is 3.09. The van der Waals surface area contributed by atoms with Gasteiger partial charge >= 0.3 is 0 Å². The first-order chi connectivity index (χ1) is 13.6. The normalized spacial score (nSPS) is 18.1. The molecule has 0 bridgehead atoms. The molecule has 1 aliphatic rings. The van der Waals surface area contributed by atoms with Crippen molar-refractivity contribution in [3.63, 3.8) is 0 Å². The summed E-state index contributed by atoms with van der Waals surface area (Å²) in [4.78, 5) is 18.5. The highest BCUT2D eigenvalue weighted by atomic mass is 32.1. The highest BCUT2D eigenvalue weighted by Crippen LogP contribution is 2.40. The van der Waals surface area contributed by atoms with Gasteiger partial charge in [-0.25, -0.2) is 4.68 Å². The molecule has 0 saturated heterocycles. The molecule has 9 heteroatoms. The highest BCUT2D eigenvalue weighted by Gasteiger charge is 2.40. The van der Waals surface area contributed by atoms with Gasteiger partial charge in [-0.15, -0.1) is 11.3 Å². The van der Waals surface area contributed by atoms with Gasteiger partial charge in [0, 0.05) is 16.6 Å². The van der Waals surface area contributed by atoms with E-state index in [1.807, 2.05) is 17.5 Å². The molecule has 2 N–H and O–H groups in total. The lowest BCUT2D eigenvalue weighted by atomic mass is 9.92. The Morgan fingerprint density at radius 1 is 1.32 bits per heavy atom. The lowest BCUT2D eigenvalue weighted by molar-refractivity contribution is -0.119. The molecular weight excluding hydrogens is 378 g/mol. The van der Waals surface area contributed by atoms with Crippen molar-refractivity contribution < 1.29 is 14.3 Å². The van der Waals surface area contributed by atoms with Gasteiger partial charge in [0.1, 0.15) is 29.8 Å². The van der Waals surface area contributed by atoms with Crippen LogP contribution in [0.4, 0.5) is 11.6 Å². The fourth-order valence-electron chi connectivity index (χ4n) is 3.26. The number of nitrogens with one attached hydrogen (secondary N) is 2. The number of nitrogens with zero attached hydrogens (tertiary/aromatic N) is 3. The molecule has 0 saturated carbocycles. The second-order valence-electron chi connectivity index (χ2n) is 6.17. The van der Waals surface area contributed by atoms with Crippen LogP contribution in [0.1, 0.15) is 10.9 Å². The van der Waals surface area contributed by atoms with Crippen molar-refractivity contribution >= 4 is 28.9 Å². The molecule has 0 unspecified atom stereocenters. The Hall–Kier alpha value is -3.33. The predicted octanol–water partition coefficient (Wildman–Crippen LogP) is 3.14. The number of hydrogen-bond acceptors (Lipinski definition) is 7. The Morgan fingerprint density at radius 2 is 2.18 bits per heavy atom. The molecule has 0 aliphatic carbocycles. The van der Waals surface area contributed by atoms with Crippen molar-refractivity contribution in [2.45, 2.75) is 6.04 Å². The lowest BCUT2D eigenvalue weighted by Gasteiger charge is -2.33. The van der Waals surface area contributed by atoms with Crippen molar-refractivity contribution in [3.05, 3.63) is 59.2 Å². The molecule has 0 radical (unpaired) electrons. The second kappa shape index (κ2) is 7.35. The fraction of sp³-hybridized carbons (Fsp3) is 0.211. The van der Waals surface area contributed by atoms with Crippen molar-refractivity contribution in [2.24, 2.45) is 5.92 Å². The van der Waals surface area contributed by atoms with E-state index < -0.39 is 5.92 Å². The molecule has 3 aromatic rings. The van der Waals surface area contributed by atoms with Crippen molar-refractivity contribution in [3.8, 4) is 11.5 Å². The van der Waals surface area contributed by atoms with Crippen molar-refractivity contribution in [1.82, 2.24) is 14.8 Å². The zero-order valence-corrected chi connectivity index (χ0v) is 16.2. The van der Waals surface area contributed by atoms with E-state index in [0.29, 0.717) is 28.8 Å². The summed E-state index contributed by atoms with van der Waals surface area (Å²) in [7, 11) is 3.12. The zero-order chi connectivity index (χ0) is 19.7. The number of fused-ring (bicyclic) bond motifs is 1. The molecule has 28 heavy (non-hydrogen) atoms. The summed E-state index contributed by atoms with van der Waals surface area (Å²) in [5, 5.41) is 12.3. The minimum Gasteiger partial charge on any atom is -0.497 e. The maximum atomic E-state index is 13.3. The van der Waals surface area contributed by atoms with E-state index in [9.17, 15) is 4.79 Å². The predicted molar refractivity (Wildman–Crippen MR) is 107 cm³/mol. The summed E-state index contributed by atoms with van der Waals surface area (Å²) in [5.41, 5.74) is 1.08. The number of carbonyl (C=O) groups is 1. The average molecular weight is 397 g/mol. The molecule has 1 aromatic carbocycles. The van der Waals surface area contributed by atoms with Crippen LogP contribution >= 0.6 is 11.3 Å². The first kappa shape index (κ1) is 18.1. The Morgan fingerprint density at radius 3 is 2.89 bits per heavy atom. The number of carbonyl (C=O) groups excluding carboxylic acids is 1. The SMILES string of the molecule is C=C1Nc2ncnn2[C@H](c2cccs2)[C@H]1C(=O)Nc1cc(OC)ccc1OC. The van der Waals surface area contributed by atoms with Crippen molar-refractivity contribution in [1.29, 1.82) is 0 Å². The second-order valence-corrected chi connectivity index (χ2v) is 7.15. The first-order valence-corrected chi connectivity index (χ1v) is 9.42. The molecule has 1 amide bonds. The molecular formula is C19H19N5O3S. The molecule has 2 atom stereocenters. The van der Waals surface area contributed by atoms with Crippen LogP contribution in [0.2, 0.25) is 0 Å². The van der Waals surface area contributed by atoms with Crippen LogP contribution in [0.5, 0.6) is 11.5 Å². The topological polar surface area (TPSA) is 90.3 Å². The summed E-state index contributed by atoms with van der Waals surface area (Å²) < 4.78 is 12.3. The number of rotatable bonds is 5. The van der Waals surface area contributed by atoms with Gasteiger partial charge in [0.15, 0.2) is 0 Å². The van der Waals surface area contributed by atoms with Gasteiger partial charge in [-0.05, 0) is 23.6 Å². The monoisotopic (exact) mass is 397 g/mol. The molecule has 144 valence electrons.